The number of aliphatic imine (C=N–C) groups is 1. The second kappa shape index (κ2) is 12.7. The molecule has 1 atom stereocenters. The van der Waals surface area contributed by atoms with E-state index < -0.39 is 0 Å². The summed E-state index contributed by atoms with van der Waals surface area (Å²) in [4.78, 5) is 11.1. The van der Waals surface area contributed by atoms with Gasteiger partial charge in [-0.1, -0.05) is 18.2 Å². The molecule has 1 saturated heterocycles. The van der Waals surface area contributed by atoms with E-state index in [4.69, 9.17) is 4.74 Å². The number of hydrogen-bond acceptors (Lipinski definition) is 4. The van der Waals surface area contributed by atoms with Crippen LogP contribution in [0.3, 0.4) is 0 Å². The van der Waals surface area contributed by atoms with E-state index in [1.54, 1.807) is 25.2 Å². The summed E-state index contributed by atoms with van der Waals surface area (Å²) in [7, 11) is 1.76. The van der Waals surface area contributed by atoms with E-state index >= 15 is 0 Å². The standard InChI is InChI=1S/C22H30FN5O.HI/c1-17(29-21-9-4-3-8-20(21)23)15-26-22(24-2)27-18-10-13-28(14-11-18)16-19-7-5-6-12-25-19;/h3-9,12,17-18H,10-11,13-16H2,1-2H3,(H2,24,26,27);1H. The second-order valence-corrected chi connectivity index (χ2v) is 7.33. The molecule has 1 aliphatic heterocycles. The Kier molecular flexibility index (Phi) is 10.3. The Morgan fingerprint density at radius 3 is 2.63 bits per heavy atom. The Morgan fingerprint density at radius 1 is 1.23 bits per heavy atom. The number of nitrogens with one attached hydrogen (secondary N) is 2. The summed E-state index contributed by atoms with van der Waals surface area (Å²) in [5.74, 6) is 0.668. The third-order valence-corrected chi connectivity index (χ3v) is 4.99. The van der Waals surface area contributed by atoms with E-state index in [1.807, 2.05) is 25.3 Å². The van der Waals surface area contributed by atoms with Crippen molar-refractivity contribution in [3.05, 3.63) is 60.2 Å². The molecular formula is C22H31FIN5O. The van der Waals surface area contributed by atoms with Crippen molar-refractivity contribution in [2.24, 2.45) is 4.99 Å². The first-order valence-corrected chi connectivity index (χ1v) is 10.1. The highest BCUT2D eigenvalue weighted by Crippen LogP contribution is 2.17. The van der Waals surface area contributed by atoms with Crippen LogP contribution in [0.25, 0.3) is 0 Å². The number of piperidine rings is 1. The van der Waals surface area contributed by atoms with E-state index in [-0.39, 0.29) is 41.6 Å². The van der Waals surface area contributed by atoms with E-state index in [1.165, 1.54) is 6.07 Å². The van der Waals surface area contributed by atoms with E-state index in [2.05, 4.69) is 31.6 Å². The summed E-state index contributed by atoms with van der Waals surface area (Å²) >= 11 is 0. The van der Waals surface area contributed by atoms with Crippen molar-refractivity contribution < 1.29 is 9.13 Å². The van der Waals surface area contributed by atoms with Crippen LogP contribution in [0.1, 0.15) is 25.5 Å². The van der Waals surface area contributed by atoms with Gasteiger partial charge in [-0.15, -0.1) is 24.0 Å². The minimum atomic E-state index is -0.348. The molecule has 0 spiro atoms. The highest BCUT2D eigenvalue weighted by Gasteiger charge is 2.20. The molecule has 2 heterocycles. The van der Waals surface area contributed by atoms with Gasteiger partial charge in [0.2, 0.25) is 0 Å². The fourth-order valence-electron chi connectivity index (χ4n) is 3.38. The maximum atomic E-state index is 13.7. The first-order valence-electron chi connectivity index (χ1n) is 10.1. The molecule has 3 rings (SSSR count). The number of benzene rings is 1. The zero-order chi connectivity index (χ0) is 20.5. The molecule has 0 radical (unpaired) electrons. The largest absolute Gasteiger partial charge is 0.486 e. The van der Waals surface area contributed by atoms with Crippen molar-refractivity contribution in [1.29, 1.82) is 0 Å². The van der Waals surface area contributed by atoms with Crippen molar-refractivity contribution >= 4 is 29.9 Å². The Morgan fingerprint density at radius 2 is 1.97 bits per heavy atom. The number of halogens is 2. The lowest BCUT2D eigenvalue weighted by Gasteiger charge is -2.33. The summed E-state index contributed by atoms with van der Waals surface area (Å²) in [5.41, 5.74) is 1.11. The van der Waals surface area contributed by atoms with Crippen molar-refractivity contribution in [3.63, 3.8) is 0 Å². The highest BCUT2D eigenvalue weighted by molar-refractivity contribution is 14.0. The predicted octanol–water partition coefficient (Wildman–Crippen LogP) is 3.44. The maximum Gasteiger partial charge on any atom is 0.191 e. The fraction of sp³-hybridized carbons (Fsp3) is 0.455. The fourth-order valence-corrected chi connectivity index (χ4v) is 3.38. The van der Waals surface area contributed by atoms with Crippen LogP contribution in [-0.2, 0) is 6.54 Å². The number of hydrogen-bond donors (Lipinski definition) is 2. The van der Waals surface area contributed by atoms with Gasteiger partial charge in [0.05, 0.1) is 12.2 Å². The lowest BCUT2D eigenvalue weighted by molar-refractivity contribution is 0.195. The smallest absolute Gasteiger partial charge is 0.191 e. The van der Waals surface area contributed by atoms with Gasteiger partial charge < -0.3 is 15.4 Å². The van der Waals surface area contributed by atoms with Gasteiger partial charge in [0.25, 0.3) is 0 Å². The van der Waals surface area contributed by atoms with Gasteiger partial charge in [-0.05, 0) is 44.0 Å². The summed E-state index contributed by atoms with van der Waals surface area (Å²) < 4.78 is 19.4. The number of likely N-dealkylation sites (tertiary alicyclic amines) is 1. The van der Waals surface area contributed by atoms with Gasteiger partial charge in [0.15, 0.2) is 17.5 Å². The molecule has 30 heavy (non-hydrogen) atoms. The van der Waals surface area contributed by atoms with Crippen molar-refractivity contribution in [1.82, 2.24) is 20.5 Å². The number of nitrogens with zero attached hydrogens (tertiary/aromatic N) is 3. The molecule has 1 aromatic heterocycles. The molecule has 164 valence electrons. The third kappa shape index (κ3) is 7.71. The SMILES string of the molecule is CN=C(NCC(C)Oc1ccccc1F)NC1CCN(Cc2ccccn2)CC1.I. The molecule has 0 bridgehead atoms. The number of ether oxygens (including phenoxy) is 1. The van der Waals surface area contributed by atoms with Crippen LogP contribution in [0.15, 0.2) is 53.7 Å². The number of guanidine groups is 1. The minimum Gasteiger partial charge on any atom is -0.486 e. The highest BCUT2D eigenvalue weighted by atomic mass is 127. The van der Waals surface area contributed by atoms with Crippen LogP contribution in [0.5, 0.6) is 5.75 Å². The zero-order valence-corrected chi connectivity index (χ0v) is 19.9. The summed E-state index contributed by atoms with van der Waals surface area (Å²) in [5, 5.41) is 6.76. The van der Waals surface area contributed by atoms with Crippen molar-refractivity contribution in [2.75, 3.05) is 26.7 Å². The molecule has 0 aliphatic carbocycles. The minimum absolute atomic E-state index is 0. The van der Waals surface area contributed by atoms with Gasteiger partial charge in [0, 0.05) is 38.9 Å². The molecule has 8 heteroatoms. The second-order valence-electron chi connectivity index (χ2n) is 7.33. The number of pyridine rings is 1. The van der Waals surface area contributed by atoms with E-state index in [9.17, 15) is 4.39 Å². The normalized spacial score (nSPS) is 16.4. The van der Waals surface area contributed by atoms with Crippen molar-refractivity contribution in [2.45, 2.75) is 38.5 Å². The maximum absolute atomic E-state index is 13.7. The van der Waals surface area contributed by atoms with Crippen LogP contribution in [0.2, 0.25) is 0 Å². The van der Waals surface area contributed by atoms with Crippen LogP contribution < -0.4 is 15.4 Å². The summed E-state index contributed by atoms with van der Waals surface area (Å²) in [6, 6.07) is 12.9. The monoisotopic (exact) mass is 527 g/mol. The van der Waals surface area contributed by atoms with Crippen molar-refractivity contribution in [3.8, 4) is 5.75 Å². The first kappa shape index (κ1) is 24.3. The Balaban J connectivity index is 0.00000320. The van der Waals surface area contributed by atoms with Crippen LogP contribution in [0, 0.1) is 5.82 Å². The molecule has 2 aromatic rings. The molecule has 1 unspecified atom stereocenters. The average Bonchev–Trinajstić information content (AvgIpc) is 2.75. The molecule has 0 amide bonds. The molecule has 2 N–H and O–H groups in total. The molecular weight excluding hydrogens is 496 g/mol. The number of rotatable bonds is 7. The molecule has 0 saturated carbocycles. The van der Waals surface area contributed by atoms with Gasteiger partial charge in [-0.3, -0.25) is 14.9 Å². The van der Waals surface area contributed by atoms with E-state index in [0.717, 1.165) is 44.1 Å². The van der Waals surface area contributed by atoms with Crippen LogP contribution >= 0.6 is 24.0 Å². The molecule has 1 aliphatic rings. The molecule has 1 aromatic carbocycles. The lowest BCUT2D eigenvalue weighted by Crippen LogP contribution is -2.49. The zero-order valence-electron chi connectivity index (χ0n) is 17.6. The van der Waals surface area contributed by atoms with Crippen LogP contribution in [0.4, 0.5) is 4.39 Å². The third-order valence-electron chi connectivity index (χ3n) is 4.99. The average molecular weight is 527 g/mol. The van der Waals surface area contributed by atoms with Crippen LogP contribution in [-0.4, -0.2) is 54.7 Å². The molecule has 6 nitrogen and oxygen atoms in total. The summed E-state index contributed by atoms with van der Waals surface area (Å²) in [6.07, 6.45) is 3.76. The van der Waals surface area contributed by atoms with E-state index in [0.29, 0.717) is 12.6 Å². The Hall–Kier alpha value is -1.94. The number of aromatic nitrogens is 1. The number of para-hydroxylation sites is 1. The quantitative estimate of drug-likeness (QED) is 0.328. The molecule has 1 fully saturated rings. The Bertz CT molecular complexity index is 784. The van der Waals surface area contributed by atoms with Gasteiger partial charge >= 0.3 is 0 Å². The Labute approximate surface area is 195 Å². The van der Waals surface area contributed by atoms with Gasteiger partial charge in [-0.2, -0.15) is 0 Å². The first-order chi connectivity index (χ1) is 14.1. The topological polar surface area (TPSA) is 61.8 Å². The lowest BCUT2D eigenvalue weighted by atomic mass is 10.0. The summed E-state index contributed by atoms with van der Waals surface area (Å²) in [6.45, 7) is 5.39. The van der Waals surface area contributed by atoms with Gasteiger partial charge in [-0.25, -0.2) is 4.39 Å². The predicted molar refractivity (Wildman–Crippen MR) is 129 cm³/mol. The van der Waals surface area contributed by atoms with Gasteiger partial charge in [0.1, 0.15) is 6.10 Å².